The Kier molecular flexibility index (Phi) is 6.42. The maximum atomic E-state index is 13.8. The maximum Gasteiger partial charge on any atom is 0.190 e. The Morgan fingerprint density at radius 3 is 2.47 bits per heavy atom. The number of hydrogen-bond donors (Lipinski definition) is 1. The summed E-state index contributed by atoms with van der Waals surface area (Å²) in [5.41, 5.74) is 6.61. The number of ether oxygens (including phenoxy) is 1. The molecule has 5 heteroatoms. The Morgan fingerprint density at radius 2 is 2.00 bits per heavy atom. The SMILES string of the molecule is CCOc1c(F)cc(CC(C)N)c(C)c1F.Cl. The summed E-state index contributed by atoms with van der Waals surface area (Å²) < 4.78 is 32.2. The summed E-state index contributed by atoms with van der Waals surface area (Å²) in [6, 6.07) is 1.17. The van der Waals surface area contributed by atoms with Gasteiger partial charge in [-0.2, -0.15) is 0 Å². The first-order valence-corrected chi connectivity index (χ1v) is 5.33. The Bertz CT molecular complexity index is 383. The summed E-state index contributed by atoms with van der Waals surface area (Å²) >= 11 is 0. The van der Waals surface area contributed by atoms with E-state index >= 15 is 0 Å². The lowest BCUT2D eigenvalue weighted by atomic mass is 10.0. The van der Waals surface area contributed by atoms with Crippen molar-refractivity contribution in [3.63, 3.8) is 0 Å². The van der Waals surface area contributed by atoms with Crippen LogP contribution in [0.15, 0.2) is 6.07 Å². The molecule has 1 aromatic rings. The van der Waals surface area contributed by atoms with Crippen molar-refractivity contribution in [2.75, 3.05) is 6.61 Å². The highest BCUT2D eigenvalue weighted by molar-refractivity contribution is 5.85. The molecule has 98 valence electrons. The second-order valence-electron chi connectivity index (χ2n) is 3.90. The van der Waals surface area contributed by atoms with Crippen molar-refractivity contribution in [1.82, 2.24) is 0 Å². The van der Waals surface area contributed by atoms with Gasteiger partial charge in [-0.1, -0.05) is 0 Å². The summed E-state index contributed by atoms with van der Waals surface area (Å²) in [6.07, 6.45) is 0.450. The first kappa shape index (κ1) is 16.1. The average Bonchev–Trinajstić information content (AvgIpc) is 2.20. The highest BCUT2D eigenvalue weighted by atomic mass is 35.5. The van der Waals surface area contributed by atoms with Crippen LogP contribution in [0.25, 0.3) is 0 Å². The summed E-state index contributed by atoms with van der Waals surface area (Å²) in [5.74, 6) is -1.59. The lowest BCUT2D eigenvalue weighted by Gasteiger charge is -2.13. The van der Waals surface area contributed by atoms with Crippen LogP contribution in [0.2, 0.25) is 0 Å². The number of benzene rings is 1. The molecule has 1 unspecified atom stereocenters. The van der Waals surface area contributed by atoms with Gasteiger partial charge in [0.2, 0.25) is 0 Å². The van der Waals surface area contributed by atoms with E-state index < -0.39 is 11.6 Å². The summed E-state index contributed by atoms with van der Waals surface area (Å²) in [4.78, 5) is 0. The van der Waals surface area contributed by atoms with Crippen molar-refractivity contribution in [2.45, 2.75) is 33.2 Å². The average molecular weight is 266 g/mol. The Hall–Kier alpha value is -0.870. The molecule has 1 atom stereocenters. The highest BCUT2D eigenvalue weighted by Gasteiger charge is 2.17. The van der Waals surface area contributed by atoms with Gasteiger partial charge in [0.15, 0.2) is 17.4 Å². The van der Waals surface area contributed by atoms with E-state index in [1.807, 2.05) is 0 Å². The maximum absolute atomic E-state index is 13.8. The number of nitrogens with two attached hydrogens (primary N) is 1. The van der Waals surface area contributed by atoms with E-state index in [-0.39, 0.29) is 30.8 Å². The molecule has 1 aromatic carbocycles. The van der Waals surface area contributed by atoms with Crippen molar-refractivity contribution in [3.8, 4) is 5.75 Å². The van der Waals surface area contributed by atoms with Crippen molar-refractivity contribution >= 4 is 12.4 Å². The molecule has 0 radical (unpaired) electrons. The summed E-state index contributed by atoms with van der Waals surface area (Å²) in [6.45, 7) is 5.32. The van der Waals surface area contributed by atoms with Crippen molar-refractivity contribution in [3.05, 3.63) is 28.8 Å². The largest absolute Gasteiger partial charge is 0.488 e. The lowest BCUT2D eigenvalue weighted by Crippen LogP contribution is -2.19. The van der Waals surface area contributed by atoms with E-state index in [2.05, 4.69) is 0 Å². The van der Waals surface area contributed by atoms with E-state index in [1.165, 1.54) is 6.07 Å². The predicted molar refractivity (Wildman–Crippen MR) is 66.9 cm³/mol. The highest BCUT2D eigenvalue weighted by Crippen LogP contribution is 2.27. The summed E-state index contributed by atoms with van der Waals surface area (Å²) in [7, 11) is 0. The van der Waals surface area contributed by atoms with E-state index in [4.69, 9.17) is 10.5 Å². The number of rotatable bonds is 4. The first-order valence-electron chi connectivity index (χ1n) is 5.33. The predicted octanol–water partition coefficient (Wildman–Crippen LogP) is 2.98. The van der Waals surface area contributed by atoms with Crippen LogP contribution in [0.5, 0.6) is 5.75 Å². The quantitative estimate of drug-likeness (QED) is 0.908. The van der Waals surface area contributed by atoms with Gasteiger partial charge in [-0.3, -0.25) is 0 Å². The lowest BCUT2D eigenvalue weighted by molar-refractivity contribution is 0.301. The monoisotopic (exact) mass is 265 g/mol. The van der Waals surface area contributed by atoms with Crippen LogP contribution in [0, 0.1) is 18.6 Å². The van der Waals surface area contributed by atoms with Crippen LogP contribution in [-0.2, 0) is 6.42 Å². The zero-order chi connectivity index (χ0) is 12.3. The van der Waals surface area contributed by atoms with Crippen LogP contribution in [0.3, 0.4) is 0 Å². The van der Waals surface area contributed by atoms with Crippen LogP contribution < -0.4 is 10.5 Å². The second kappa shape index (κ2) is 6.77. The molecule has 0 spiro atoms. The fraction of sp³-hybridized carbons (Fsp3) is 0.500. The molecule has 2 nitrogen and oxygen atoms in total. The van der Waals surface area contributed by atoms with Crippen LogP contribution in [0.1, 0.15) is 25.0 Å². The van der Waals surface area contributed by atoms with Gasteiger partial charge >= 0.3 is 0 Å². The molecule has 1 rings (SSSR count). The summed E-state index contributed by atoms with van der Waals surface area (Å²) in [5, 5.41) is 0. The molecule has 2 N–H and O–H groups in total. The third-order valence-electron chi connectivity index (χ3n) is 2.36. The molecule has 0 bridgehead atoms. The Morgan fingerprint density at radius 1 is 1.41 bits per heavy atom. The van der Waals surface area contributed by atoms with Crippen LogP contribution >= 0.6 is 12.4 Å². The van der Waals surface area contributed by atoms with Gasteiger partial charge in [0.25, 0.3) is 0 Å². The molecule has 17 heavy (non-hydrogen) atoms. The van der Waals surface area contributed by atoms with Gasteiger partial charge in [0.1, 0.15) is 0 Å². The fourth-order valence-electron chi connectivity index (χ4n) is 1.58. The molecule has 0 aliphatic heterocycles. The standard InChI is InChI=1S/C12H17F2NO.ClH/c1-4-16-12-10(13)6-9(5-7(2)15)8(3)11(12)14;/h6-7H,4-5,15H2,1-3H3;1H. The van der Waals surface area contributed by atoms with Gasteiger partial charge in [-0.15, -0.1) is 12.4 Å². The molecule has 0 aliphatic carbocycles. The van der Waals surface area contributed by atoms with Gasteiger partial charge in [-0.25, -0.2) is 8.78 Å². The number of halogens is 3. The topological polar surface area (TPSA) is 35.2 Å². The molecular formula is C12H18ClF2NO. The third kappa shape index (κ3) is 3.82. The molecule has 0 heterocycles. The normalized spacial score (nSPS) is 11.9. The van der Waals surface area contributed by atoms with Gasteiger partial charge in [0.05, 0.1) is 6.61 Å². The van der Waals surface area contributed by atoms with Crippen LogP contribution in [0.4, 0.5) is 8.78 Å². The second-order valence-corrected chi connectivity index (χ2v) is 3.90. The van der Waals surface area contributed by atoms with E-state index in [9.17, 15) is 8.78 Å². The van der Waals surface area contributed by atoms with Crippen LogP contribution in [-0.4, -0.2) is 12.6 Å². The van der Waals surface area contributed by atoms with E-state index in [0.717, 1.165) is 0 Å². The molecule has 0 saturated carbocycles. The minimum Gasteiger partial charge on any atom is -0.488 e. The molecule has 0 aromatic heterocycles. The van der Waals surface area contributed by atoms with Gasteiger partial charge in [-0.05, 0) is 44.4 Å². The molecule has 0 amide bonds. The third-order valence-corrected chi connectivity index (χ3v) is 2.36. The molecular weight excluding hydrogens is 248 g/mol. The fourth-order valence-corrected chi connectivity index (χ4v) is 1.58. The minimum atomic E-state index is -0.666. The Balaban J connectivity index is 0.00000256. The Labute approximate surface area is 107 Å². The smallest absolute Gasteiger partial charge is 0.190 e. The molecule has 0 aliphatic rings. The van der Waals surface area contributed by atoms with E-state index in [1.54, 1.807) is 20.8 Å². The van der Waals surface area contributed by atoms with Gasteiger partial charge < -0.3 is 10.5 Å². The molecule has 0 saturated heterocycles. The zero-order valence-corrected chi connectivity index (χ0v) is 11.0. The van der Waals surface area contributed by atoms with Crippen molar-refractivity contribution in [2.24, 2.45) is 5.73 Å². The first-order chi connectivity index (χ1) is 7.47. The minimum absolute atomic E-state index is 0. The van der Waals surface area contributed by atoms with Crippen molar-refractivity contribution < 1.29 is 13.5 Å². The van der Waals surface area contributed by atoms with E-state index in [0.29, 0.717) is 17.5 Å². The zero-order valence-electron chi connectivity index (χ0n) is 10.2. The molecule has 0 fully saturated rings. The van der Waals surface area contributed by atoms with Gasteiger partial charge in [0, 0.05) is 6.04 Å². The number of hydrogen-bond acceptors (Lipinski definition) is 2. The van der Waals surface area contributed by atoms with Crippen molar-refractivity contribution in [1.29, 1.82) is 0 Å².